The Bertz CT molecular complexity index is 459. The maximum atomic E-state index is 11.9. The molecule has 0 aromatic carbocycles. The van der Waals surface area contributed by atoms with Gasteiger partial charge >= 0.3 is 6.03 Å². The van der Waals surface area contributed by atoms with Crippen molar-refractivity contribution in [3.63, 3.8) is 0 Å². The Morgan fingerprint density at radius 1 is 1.47 bits per heavy atom. The van der Waals surface area contributed by atoms with Gasteiger partial charge in [0, 0.05) is 18.5 Å². The second-order valence-corrected chi connectivity index (χ2v) is 6.66. The predicted octanol–water partition coefficient (Wildman–Crippen LogP) is 3.34. The lowest BCUT2D eigenvalue weighted by Gasteiger charge is -2.25. The van der Waals surface area contributed by atoms with E-state index in [2.05, 4.69) is 12.2 Å². The van der Waals surface area contributed by atoms with E-state index in [1.165, 1.54) is 6.42 Å². The molecule has 1 aliphatic carbocycles. The maximum absolute atomic E-state index is 11.9. The number of hydrogen-bond acceptors (Lipinski definition) is 2. The first-order chi connectivity index (χ1) is 8.76. The number of urea groups is 1. The van der Waals surface area contributed by atoms with Crippen molar-refractivity contribution in [3.8, 4) is 0 Å². The molecule has 2 atom stereocenters. The zero-order chi connectivity index (χ0) is 14.2. The molecule has 1 aliphatic rings. The first kappa shape index (κ1) is 14.0. The van der Waals surface area contributed by atoms with E-state index < -0.39 is 0 Å². The summed E-state index contributed by atoms with van der Waals surface area (Å²) in [5.74, 6) is 3.23. The molecule has 1 saturated carbocycles. The summed E-state index contributed by atoms with van der Waals surface area (Å²) < 4.78 is 5.81. The van der Waals surface area contributed by atoms with Crippen molar-refractivity contribution < 1.29 is 9.21 Å². The summed E-state index contributed by atoms with van der Waals surface area (Å²) in [7, 11) is 1.78. The van der Waals surface area contributed by atoms with Crippen LogP contribution in [0.4, 0.5) is 4.79 Å². The molecule has 0 spiro atoms. The van der Waals surface area contributed by atoms with Crippen LogP contribution in [0, 0.1) is 5.92 Å². The summed E-state index contributed by atoms with van der Waals surface area (Å²) in [5, 5.41) is 2.93. The van der Waals surface area contributed by atoms with E-state index in [9.17, 15) is 4.79 Å². The van der Waals surface area contributed by atoms with Gasteiger partial charge < -0.3 is 14.6 Å². The number of furan rings is 1. The molecule has 0 radical (unpaired) electrons. The minimum Gasteiger partial charge on any atom is -0.464 e. The van der Waals surface area contributed by atoms with Gasteiger partial charge in [-0.15, -0.1) is 0 Å². The quantitative estimate of drug-likeness (QED) is 0.910. The number of nitrogens with one attached hydrogen (secondary N) is 1. The van der Waals surface area contributed by atoms with Gasteiger partial charge in [-0.25, -0.2) is 4.79 Å². The number of nitrogens with zero attached hydrogens (tertiary/aromatic N) is 1. The van der Waals surface area contributed by atoms with Crippen LogP contribution in [0.5, 0.6) is 0 Å². The molecule has 19 heavy (non-hydrogen) atoms. The van der Waals surface area contributed by atoms with E-state index in [1.54, 1.807) is 11.9 Å². The Morgan fingerprint density at radius 2 is 2.11 bits per heavy atom. The van der Waals surface area contributed by atoms with Gasteiger partial charge in [0.1, 0.15) is 11.5 Å². The Hall–Kier alpha value is -1.45. The van der Waals surface area contributed by atoms with Crippen LogP contribution < -0.4 is 5.32 Å². The molecule has 4 nitrogen and oxygen atoms in total. The average molecular weight is 264 g/mol. The SMILES string of the molecule is CC1CC1c1ccc(CN(C)C(=O)NC(C)(C)C)o1. The van der Waals surface area contributed by atoms with Crippen LogP contribution in [0.1, 0.15) is 51.6 Å². The van der Waals surface area contributed by atoms with E-state index >= 15 is 0 Å². The fraction of sp³-hybridized carbons (Fsp3) is 0.667. The summed E-state index contributed by atoms with van der Waals surface area (Å²) in [5.41, 5.74) is -0.219. The topological polar surface area (TPSA) is 45.5 Å². The van der Waals surface area contributed by atoms with Crippen molar-refractivity contribution in [1.29, 1.82) is 0 Å². The van der Waals surface area contributed by atoms with Gasteiger partial charge in [-0.1, -0.05) is 6.92 Å². The molecule has 0 aliphatic heterocycles. The molecule has 2 unspecified atom stereocenters. The third-order valence-electron chi connectivity index (χ3n) is 3.38. The average Bonchev–Trinajstić information content (AvgIpc) is 2.82. The zero-order valence-corrected chi connectivity index (χ0v) is 12.5. The summed E-state index contributed by atoms with van der Waals surface area (Å²) in [6, 6.07) is 3.94. The number of amides is 2. The van der Waals surface area contributed by atoms with Gasteiger partial charge in [0.25, 0.3) is 0 Å². The summed E-state index contributed by atoms with van der Waals surface area (Å²) in [6.07, 6.45) is 1.22. The van der Waals surface area contributed by atoms with E-state index in [0.29, 0.717) is 12.5 Å². The van der Waals surface area contributed by atoms with E-state index in [0.717, 1.165) is 17.4 Å². The largest absolute Gasteiger partial charge is 0.464 e. The maximum Gasteiger partial charge on any atom is 0.317 e. The first-order valence-corrected chi connectivity index (χ1v) is 6.88. The van der Waals surface area contributed by atoms with E-state index in [-0.39, 0.29) is 11.6 Å². The molecule has 1 N–H and O–H groups in total. The minimum absolute atomic E-state index is 0.0785. The molecule has 2 rings (SSSR count). The van der Waals surface area contributed by atoms with Crippen molar-refractivity contribution in [2.24, 2.45) is 5.92 Å². The number of hydrogen-bond donors (Lipinski definition) is 1. The lowest BCUT2D eigenvalue weighted by atomic mass is 10.1. The van der Waals surface area contributed by atoms with Crippen LogP contribution >= 0.6 is 0 Å². The highest BCUT2D eigenvalue weighted by molar-refractivity contribution is 5.74. The van der Waals surface area contributed by atoms with Gasteiger partial charge in [0.15, 0.2) is 0 Å². The van der Waals surface area contributed by atoms with Crippen molar-refractivity contribution in [3.05, 3.63) is 23.7 Å². The fourth-order valence-electron chi connectivity index (χ4n) is 2.12. The highest BCUT2D eigenvalue weighted by atomic mass is 16.3. The second kappa shape index (κ2) is 4.91. The molecule has 1 aromatic heterocycles. The van der Waals surface area contributed by atoms with Gasteiger partial charge in [0.2, 0.25) is 0 Å². The molecular weight excluding hydrogens is 240 g/mol. The molecular formula is C15H24N2O2. The highest BCUT2D eigenvalue weighted by Crippen LogP contribution is 2.47. The van der Waals surface area contributed by atoms with Gasteiger partial charge in [-0.2, -0.15) is 0 Å². The van der Waals surface area contributed by atoms with E-state index in [1.807, 2.05) is 32.9 Å². The van der Waals surface area contributed by atoms with Crippen molar-refractivity contribution in [2.45, 2.75) is 52.1 Å². The Kier molecular flexibility index (Phi) is 3.61. The van der Waals surface area contributed by atoms with Crippen molar-refractivity contribution >= 4 is 6.03 Å². The van der Waals surface area contributed by atoms with Crippen LogP contribution in [0.2, 0.25) is 0 Å². The molecule has 4 heteroatoms. The molecule has 1 fully saturated rings. The third kappa shape index (κ3) is 3.75. The summed E-state index contributed by atoms with van der Waals surface area (Å²) in [4.78, 5) is 13.6. The zero-order valence-electron chi connectivity index (χ0n) is 12.5. The van der Waals surface area contributed by atoms with E-state index in [4.69, 9.17) is 4.42 Å². The Balaban J connectivity index is 1.89. The molecule has 0 bridgehead atoms. The molecule has 106 valence electrons. The predicted molar refractivity (Wildman–Crippen MR) is 75.0 cm³/mol. The monoisotopic (exact) mass is 264 g/mol. The summed E-state index contributed by atoms with van der Waals surface area (Å²) >= 11 is 0. The molecule has 2 amide bonds. The van der Waals surface area contributed by atoms with Gasteiger partial charge in [-0.3, -0.25) is 0 Å². The number of carbonyl (C=O) groups excluding carboxylic acids is 1. The minimum atomic E-state index is -0.219. The highest BCUT2D eigenvalue weighted by Gasteiger charge is 2.36. The molecule has 1 aromatic rings. The third-order valence-corrected chi connectivity index (χ3v) is 3.38. The molecule has 1 heterocycles. The molecule has 0 saturated heterocycles. The number of rotatable bonds is 3. The smallest absolute Gasteiger partial charge is 0.317 e. The van der Waals surface area contributed by atoms with Crippen molar-refractivity contribution in [2.75, 3.05) is 7.05 Å². The van der Waals surface area contributed by atoms with Gasteiger partial charge in [-0.05, 0) is 45.2 Å². The Morgan fingerprint density at radius 3 is 2.63 bits per heavy atom. The fourth-order valence-corrected chi connectivity index (χ4v) is 2.12. The van der Waals surface area contributed by atoms with Gasteiger partial charge in [0.05, 0.1) is 6.54 Å². The Labute approximate surface area is 115 Å². The van der Waals surface area contributed by atoms with Crippen molar-refractivity contribution in [1.82, 2.24) is 10.2 Å². The normalized spacial score (nSPS) is 22.2. The lowest BCUT2D eigenvalue weighted by molar-refractivity contribution is 0.193. The van der Waals surface area contributed by atoms with Crippen LogP contribution in [-0.4, -0.2) is 23.5 Å². The van der Waals surface area contributed by atoms with Crippen LogP contribution in [0.15, 0.2) is 16.5 Å². The standard InChI is InChI=1S/C15H24N2O2/c1-10-8-12(10)13-7-6-11(19-13)9-17(5)14(18)16-15(2,3)4/h6-7,10,12H,8-9H2,1-5H3,(H,16,18). The number of carbonyl (C=O) groups is 1. The summed E-state index contributed by atoms with van der Waals surface area (Å²) in [6.45, 7) is 8.65. The lowest BCUT2D eigenvalue weighted by Crippen LogP contribution is -2.46. The first-order valence-electron chi connectivity index (χ1n) is 6.88. The van der Waals surface area contributed by atoms with Crippen LogP contribution in [0.3, 0.4) is 0 Å². The van der Waals surface area contributed by atoms with Crippen LogP contribution in [0.25, 0.3) is 0 Å². The second-order valence-electron chi connectivity index (χ2n) is 6.66. The van der Waals surface area contributed by atoms with Crippen LogP contribution in [-0.2, 0) is 6.54 Å².